The number of aromatic nitrogens is 4. The van der Waals surface area contributed by atoms with Crippen LogP contribution >= 0.6 is 0 Å². The zero-order chi connectivity index (χ0) is 29.7. The van der Waals surface area contributed by atoms with E-state index in [1.165, 1.54) is 10.9 Å². The van der Waals surface area contributed by atoms with Gasteiger partial charge in [-0.3, -0.25) is 29.5 Å². The highest BCUT2D eigenvalue weighted by atomic mass is 16.6. The van der Waals surface area contributed by atoms with Gasteiger partial charge in [0, 0.05) is 13.7 Å². The number of carboxylic acid groups (broad SMARTS) is 1. The molecule has 2 aromatic rings. The summed E-state index contributed by atoms with van der Waals surface area (Å²) in [6.45, 7) is 4.99. The van der Waals surface area contributed by atoms with Crippen LogP contribution in [-0.2, 0) is 39.9 Å². The normalized spacial score (nSPS) is 12.1. The van der Waals surface area contributed by atoms with Crippen molar-refractivity contribution in [2.45, 2.75) is 39.0 Å². The summed E-state index contributed by atoms with van der Waals surface area (Å²) in [5.74, 6) is -2.17. The van der Waals surface area contributed by atoms with Gasteiger partial charge in [0.15, 0.2) is 11.2 Å². The summed E-state index contributed by atoms with van der Waals surface area (Å²) in [5, 5.41) is 14.2. The molecule has 0 radical (unpaired) electrons. The molecule has 17 heteroatoms. The Hall–Kier alpha value is -4.09. The molecule has 0 aliphatic heterocycles. The van der Waals surface area contributed by atoms with Gasteiger partial charge in [0.2, 0.25) is 18.3 Å². The Kier molecular flexibility index (Phi) is 12.4. The van der Waals surface area contributed by atoms with E-state index in [0.717, 1.165) is 4.90 Å². The molecule has 222 valence electrons. The number of hydrogen-bond donors (Lipinski definition) is 4. The predicted molar refractivity (Wildman–Crippen MR) is 139 cm³/mol. The molecule has 2 aromatic heterocycles. The van der Waals surface area contributed by atoms with Gasteiger partial charge in [-0.05, 0) is 20.8 Å². The minimum Gasteiger partial charge on any atom is -0.480 e. The summed E-state index contributed by atoms with van der Waals surface area (Å²) in [4.78, 5) is 71.7. The first-order valence-corrected chi connectivity index (χ1v) is 12.2. The highest BCUT2D eigenvalue weighted by molar-refractivity contribution is 5.85. The summed E-state index contributed by atoms with van der Waals surface area (Å²) >= 11 is 0. The van der Waals surface area contributed by atoms with Gasteiger partial charge in [-0.2, -0.15) is 4.98 Å². The maximum Gasteiger partial charge on any atom is 0.414 e. The molecule has 1 atom stereocenters. The van der Waals surface area contributed by atoms with E-state index in [-0.39, 0.29) is 43.5 Å². The van der Waals surface area contributed by atoms with Gasteiger partial charge < -0.3 is 38.8 Å². The maximum atomic E-state index is 13.1. The second-order valence-electron chi connectivity index (χ2n) is 9.42. The minimum atomic E-state index is -1.28. The van der Waals surface area contributed by atoms with Gasteiger partial charge in [-0.15, -0.1) is 0 Å². The fourth-order valence-corrected chi connectivity index (χ4v) is 3.30. The number of imidazole rings is 1. The van der Waals surface area contributed by atoms with Crippen LogP contribution < -0.4 is 16.2 Å². The van der Waals surface area contributed by atoms with E-state index >= 15 is 0 Å². The minimum absolute atomic E-state index is 0.0135. The Bertz CT molecular complexity index is 1210. The third-order valence-corrected chi connectivity index (χ3v) is 4.95. The van der Waals surface area contributed by atoms with Crippen LogP contribution in [-0.4, -0.2) is 119 Å². The molecule has 2 rings (SSSR count). The third-order valence-electron chi connectivity index (χ3n) is 4.95. The molecule has 0 aliphatic carbocycles. The van der Waals surface area contributed by atoms with Crippen molar-refractivity contribution in [1.82, 2.24) is 29.7 Å². The van der Waals surface area contributed by atoms with Crippen molar-refractivity contribution in [3.05, 3.63) is 16.7 Å². The average molecular weight is 570 g/mol. The number of H-pyrrole nitrogens is 1. The lowest BCUT2D eigenvalue weighted by Gasteiger charge is -2.26. The molecule has 0 saturated carbocycles. The Morgan fingerprint density at radius 1 is 1.20 bits per heavy atom. The molecule has 3 amide bonds. The Labute approximate surface area is 229 Å². The van der Waals surface area contributed by atoms with Crippen molar-refractivity contribution in [3.8, 4) is 0 Å². The SMILES string of the molecule is COCCOCCOCC(CN(CC(=O)O)C(=O)Cn1cnc2c(=O)[nH]c(NC(=O)OC(C)(C)C)nc21)NC=O. The second-order valence-corrected chi connectivity index (χ2v) is 9.42. The molecule has 0 fully saturated rings. The number of amides is 3. The van der Waals surface area contributed by atoms with Gasteiger partial charge >= 0.3 is 12.1 Å². The third kappa shape index (κ3) is 11.0. The van der Waals surface area contributed by atoms with Gasteiger partial charge in [-0.1, -0.05) is 0 Å². The Morgan fingerprint density at radius 2 is 1.90 bits per heavy atom. The number of carbonyl (C=O) groups excluding carboxylic acids is 3. The van der Waals surface area contributed by atoms with E-state index in [2.05, 4.69) is 25.6 Å². The fraction of sp³-hybridized carbons (Fsp3) is 0.609. The van der Waals surface area contributed by atoms with E-state index in [1.54, 1.807) is 27.9 Å². The quantitative estimate of drug-likeness (QED) is 0.136. The number of carbonyl (C=O) groups is 4. The number of aliphatic carboxylic acids is 1. The summed E-state index contributed by atoms with van der Waals surface area (Å²) < 4.78 is 22.0. The second kappa shape index (κ2) is 15.5. The van der Waals surface area contributed by atoms with Gasteiger partial charge in [-0.25, -0.2) is 9.78 Å². The largest absolute Gasteiger partial charge is 0.480 e. The number of hydrogen-bond acceptors (Lipinski definition) is 11. The van der Waals surface area contributed by atoms with Crippen LogP contribution in [0.3, 0.4) is 0 Å². The molecular formula is C23H35N7O10. The highest BCUT2D eigenvalue weighted by Crippen LogP contribution is 2.12. The first-order chi connectivity index (χ1) is 18.9. The van der Waals surface area contributed by atoms with Crippen molar-refractivity contribution < 1.29 is 43.2 Å². The van der Waals surface area contributed by atoms with Crippen molar-refractivity contribution >= 4 is 41.5 Å². The summed E-state index contributed by atoms with van der Waals surface area (Å²) in [6.07, 6.45) is 0.752. The summed E-state index contributed by atoms with van der Waals surface area (Å²) in [6, 6.07) is -0.718. The number of nitrogens with one attached hydrogen (secondary N) is 3. The van der Waals surface area contributed by atoms with Crippen LogP contribution in [0.15, 0.2) is 11.1 Å². The van der Waals surface area contributed by atoms with Crippen LogP contribution in [0.2, 0.25) is 0 Å². The average Bonchev–Trinajstić information content (AvgIpc) is 3.24. The fourth-order valence-electron chi connectivity index (χ4n) is 3.30. The smallest absolute Gasteiger partial charge is 0.414 e. The van der Waals surface area contributed by atoms with Gasteiger partial charge in [0.25, 0.3) is 5.56 Å². The molecule has 0 aromatic carbocycles. The lowest BCUT2D eigenvalue weighted by Crippen LogP contribution is -2.48. The molecule has 0 saturated heterocycles. The molecular weight excluding hydrogens is 534 g/mol. The lowest BCUT2D eigenvalue weighted by atomic mass is 10.2. The molecule has 2 heterocycles. The summed E-state index contributed by atoms with van der Waals surface area (Å²) in [5.41, 5.74) is -1.61. The zero-order valence-corrected chi connectivity index (χ0v) is 22.8. The molecule has 0 aliphatic rings. The zero-order valence-electron chi connectivity index (χ0n) is 22.8. The first kappa shape index (κ1) is 32.1. The number of anilines is 1. The van der Waals surface area contributed by atoms with Crippen molar-refractivity contribution in [1.29, 1.82) is 0 Å². The highest BCUT2D eigenvalue weighted by Gasteiger charge is 2.24. The standard InChI is InChI=1S/C23H35N7O10/c1-23(2,3)40-22(36)28-21-26-19-18(20(35)27-21)24-13-30(19)10-16(32)29(11-17(33)34)9-15(25-14-31)12-39-8-7-38-6-5-37-4/h13-15H,5-12H2,1-4H3,(H,25,31)(H,33,34)(H2,26,27,28,35,36). The predicted octanol–water partition coefficient (Wildman–Crippen LogP) is -0.826. The Morgan fingerprint density at radius 3 is 2.55 bits per heavy atom. The van der Waals surface area contributed by atoms with Crippen LogP contribution in [0.4, 0.5) is 10.7 Å². The number of rotatable bonds is 17. The number of aromatic amines is 1. The monoisotopic (exact) mass is 569 g/mol. The van der Waals surface area contributed by atoms with Crippen molar-refractivity contribution in [3.63, 3.8) is 0 Å². The molecule has 4 N–H and O–H groups in total. The Balaban J connectivity index is 2.13. The van der Waals surface area contributed by atoms with E-state index < -0.39 is 48.3 Å². The first-order valence-electron chi connectivity index (χ1n) is 12.2. The van der Waals surface area contributed by atoms with Crippen LogP contribution in [0.1, 0.15) is 20.8 Å². The van der Waals surface area contributed by atoms with Crippen LogP contribution in [0, 0.1) is 0 Å². The maximum absolute atomic E-state index is 13.1. The topological polar surface area (TPSA) is 216 Å². The number of nitrogens with zero attached hydrogens (tertiary/aromatic N) is 4. The van der Waals surface area contributed by atoms with Crippen molar-refractivity contribution in [2.75, 3.05) is 58.6 Å². The molecule has 0 spiro atoms. The van der Waals surface area contributed by atoms with Crippen molar-refractivity contribution in [2.24, 2.45) is 0 Å². The van der Waals surface area contributed by atoms with E-state index in [4.69, 9.17) is 18.9 Å². The lowest BCUT2D eigenvalue weighted by molar-refractivity contribution is -0.145. The molecule has 1 unspecified atom stereocenters. The number of carboxylic acids is 1. The van der Waals surface area contributed by atoms with E-state index in [0.29, 0.717) is 19.6 Å². The number of ether oxygens (including phenoxy) is 4. The number of methoxy groups -OCH3 is 1. The summed E-state index contributed by atoms with van der Waals surface area (Å²) in [7, 11) is 1.55. The van der Waals surface area contributed by atoms with E-state index in [9.17, 15) is 29.1 Å². The van der Waals surface area contributed by atoms with E-state index in [1.807, 2.05) is 0 Å². The van der Waals surface area contributed by atoms with Crippen LogP contribution in [0.5, 0.6) is 0 Å². The van der Waals surface area contributed by atoms with Gasteiger partial charge in [0.05, 0.1) is 45.4 Å². The van der Waals surface area contributed by atoms with Crippen LogP contribution in [0.25, 0.3) is 11.2 Å². The van der Waals surface area contributed by atoms with Gasteiger partial charge in [0.1, 0.15) is 18.7 Å². The molecule has 40 heavy (non-hydrogen) atoms. The number of fused-ring (bicyclic) bond motifs is 1. The molecule has 17 nitrogen and oxygen atoms in total. The molecule has 0 bridgehead atoms.